The average molecular weight is 282 g/mol. The van der Waals surface area contributed by atoms with E-state index in [1.165, 1.54) is 0 Å². The van der Waals surface area contributed by atoms with E-state index in [9.17, 15) is 4.79 Å². The SMILES string of the molecule is CC1CN(Cc2ccc(C(N)=O)cc2Cl)CC(C)N1. The summed E-state index contributed by atoms with van der Waals surface area (Å²) in [6, 6.07) is 6.23. The second-order valence-corrected chi connectivity index (χ2v) is 5.74. The van der Waals surface area contributed by atoms with Gasteiger partial charge in [0.05, 0.1) is 0 Å². The third-order valence-electron chi connectivity index (χ3n) is 3.36. The van der Waals surface area contributed by atoms with Crippen molar-refractivity contribution in [2.24, 2.45) is 5.73 Å². The van der Waals surface area contributed by atoms with Gasteiger partial charge in [0.25, 0.3) is 0 Å². The predicted octanol–water partition coefficient (Wildman–Crippen LogP) is 1.62. The number of amides is 1. The van der Waals surface area contributed by atoms with Crippen molar-refractivity contribution >= 4 is 17.5 Å². The summed E-state index contributed by atoms with van der Waals surface area (Å²) in [6.07, 6.45) is 0. The Hall–Kier alpha value is -1.10. The van der Waals surface area contributed by atoms with Crippen LogP contribution < -0.4 is 11.1 Å². The number of piperazine rings is 1. The Kier molecular flexibility index (Phi) is 4.45. The number of rotatable bonds is 3. The van der Waals surface area contributed by atoms with E-state index in [0.717, 1.165) is 25.2 Å². The van der Waals surface area contributed by atoms with Gasteiger partial charge in [0.2, 0.25) is 5.91 Å². The van der Waals surface area contributed by atoms with Crippen LogP contribution in [0.1, 0.15) is 29.8 Å². The maximum atomic E-state index is 11.1. The van der Waals surface area contributed by atoms with Gasteiger partial charge in [-0.3, -0.25) is 9.69 Å². The molecule has 1 aliphatic heterocycles. The van der Waals surface area contributed by atoms with Crippen molar-refractivity contribution < 1.29 is 4.79 Å². The van der Waals surface area contributed by atoms with Gasteiger partial charge in [-0.1, -0.05) is 17.7 Å². The van der Waals surface area contributed by atoms with Gasteiger partial charge in [-0.25, -0.2) is 0 Å². The van der Waals surface area contributed by atoms with Crippen LogP contribution in [0.5, 0.6) is 0 Å². The van der Waals surface area contributed by atoms with Crippen LogP contribution >= 0.6 is 11.6 Å². The van der Waals surface area contributed by atoms with Crippen molar-refractivity contribution in [1.29, 1.82) is 0 Å². The molecule has 1 heterocycles. The van der Waals surface area contributed by atoms with Crippen LogP contribution in [-0.4, -0.2) is 36.0 Å². The molecule has 1 aliphatic rings. The third-order valence-corrected chi connectivity index (χ3v) is 3.72. The second-order valence-electron chi connectivity index (χ2n) is 5.33. The maximum Gasteiger partial charge on any atom is 0.248 e. The highest BCUT2D eigenvalue weighted by Crippen LogP contribution is 2.20. The van der Waals surface area contributed by atoms with Crippen molar-refractivity contribution in [2.75, 3.05) is 13.1 Å². The first-order chi connectivity index (χ1) is 8.95. The highest BCUT2D eigenvalue weighted by Gasteiger charge is 2.21. The number of nitrogens with zero attached hydrogens (tertiary/aromatic N) is 1. The monoisotopic (exact) mass is 281 g/mol. The van der Waals surface area contributed by atoms with E-state index in [0.29, 0.717) is 22.7 Å². The molecule has 0 aliphatic carbocycles. The van der Waals surface area contributed by atoms with Crippen LogP contribution in [0, 0.1) is 0 Å². The van der Waals surface area contributed by atoms with Gasteiger partial charge in [0.1, 0.15) is 0 Å². The van der Waals surface area contributed by atoms with Gasteiger partial charge in [0.15, 0.2) is 0 Å². The summed E-state index contributed by atoms with van der Waals surface area (Å²) < 4.78 is 0. The molecule has 0 bridgehead atoms. The van der Waals surface area contributed by atoms with Crippen LogP contribution in [-0.2, 0) is 6.54 Å². The Morgan fingerprint density at radius 3 is 2.58 bits per heavy atom. The van der Waals surface area contributed by atoms with Gasteiger partial charge >= 0.3 is 0 Å². The zero-order valence-electron chi connectivity index (χ0n) is 11.3. The summed E-state index contributed by atoms with van der Waals surface area (Å²) in [7, 11) is 0. The average Bonchev–Trinajstić information content (AvgIpc) is 2.30. The lowest BCUT2D eigenvalue weighted by molar-refractivity contribution is 0.100. The summed E-state index contributed by atoms with van der Waals surface area (Å²) in [4.78, 5) is 13.5. The van der Waals surface area contributed by atoms with E-state index in [1.807, 2.05) is 6.07 Å². The molecule has 0 radical (unpaired) electrons. The molecule has 104 valence electrons. The molecule has 1 fully saturated rings. The first-order valence-electron chi connectivity index (χ1n) is 6.52. The Morgan fingerprint density at radius 1 is 1.42 bits per heavy atom. The number of benzene rings is 1. The fourth-order valence-electron chi connectivity index (χ4n) is 2.64. The van der Waals surface area contributed by atoms with Gasteiger partial charge < -0.3 is 11.1 Å². The lowest BCUT2D eigenvalue weighted by Crippen LogP contribution is -2.53. The van der Waals surface area contributed by atoms with Gasteiger partial charge in [-0.15, -0.1) is 0 Å². The summed E-state index contributed by atoms with van der Waals surface area (Å²) in [6.45, 7) is 7.16. The van der Waals surface area contributed by atoms with Gasteiger partial charge in [0, 0.05) is 42.3 Å². The molecule has 1 aromatic rings. The number of hydrogen-bond acceptors (Lipinski definition) is 3. The van der Waals surface area contributed by atoms with E-state index in [4.69, 9.17) is 17.3 Å². The Bertz CT molecular complexity index is 468. The van der Waals surface area contributed by atoms with E-state index in [2.05, 4.69) is 24.1 Å². The van der Waals surface area contributed by atoms with Crippen LogP contribution in [0.3, 0.4) is 0 Å². The number of halogens is 1. The normalized spacial score (nSPS) is 24.4. The Morgan fingerprint density at radius 2 is 2.05 bits per heavy atom. The highest BCUT2D eigenvalue weighted by atomic mass is 35.5. The molecule has 1 saturated heterocycles. The molecule has 19 heavy (non-hydrogen) atoms. The van der Waals surface area contributed by atoms with Crippen molar-refractivity contribution in [2.45, 2.75) is 32.5 Å². The van der Waals surface area contributed by atoms with Crippen molar-refractivity contribution in [1.82, 2.24) is 10.2 Å². The number of nitrogens with two attached hydrogens (primary N) is 1. The third kappa shape index (κ3) is 3.69. The van der Waals surface area contributed by atoms with Crippen LogP contribution in [0.4, 0.5) is 0 Å². The molecular weight excluding hydrogens is 262 g/mol. The number of hydrogen-bond donors (Lipinski definition) is 2. The van der Waals surface area contributed by atoms with Crippen molar-refractivity contribution in [3.05, 3.63) is 34.3 Å². The standard InChI is InChI=1S/C14H20ClN3O/c1-9-6-18(7-10(2)17-9)8-12-4-3-11(14(16)19)5-13(12)15/h3-5,9-10,17H,6-8H2,1-2H3,(H2,16,19). The van der Waals surface area contributed by atoms with E-state index < -0.39 is 5.91 Å². The van der Waals surface area contributed by atoms with Crippen molar-refractivity contribution in [3.8, 4) is 0 Å². The number of carbonyl (C=O) groups is 1. The zero-order chi connectivity index (χ0) is 14.0. The summed E-state index contributed by atoms with van der Waals surface area (Å²) in [5, 5.41) is 4.10. The largest absolute Gasteiger partial charge is 0.366 e. The minimum atomic E-state index is -0.446. The number of nitrogens with one attached hydrogen (secondary N) is 1. The minimum Gasteiger partial charge on any atom is -0.366 e. The maximum absolute atomic E-state index is 11.1. The molecule has 5 heteroatoms. The molecule has 3 N–H and O–H groups in total. The number of primary amides is 1. The quantitative estimate of drug-likeness (QED) is 0.885. The summed E-state index contributed by atoms with van der Waals surface area (Å²) in [5.74, 6) is -0.446. The molecular formula is C14H20ClN3O. The van der Waals surface area contributed by atoms with Gasteiger partial charge in [-0.2, -0.15) is 0 Å². The lowest BCUT2D eigenvalue weighted by Gasteiger charge is -2.36. The summed E-state index contributed by atoms with van der Waals surface area (Å²) >= 11 is 6.22. The molecule has 0 saturated carbocycles. The minimum absolute atomic E-state index is 0.446. The molecule has 2 atom stereocenters. The molecule has 4 nitrogen and oxygen atoms in total. The Balaban J connectivity index is 2.08. The molecule has 0 aromatic heterocycles. The summed E-state index contributed by atoms with van der Waals surface area (Å²) in [5.41, 5.74) is 6.73. The second kappa shape index (κ2) is 5.90. The Labute approximate surface area is 118 Å². The topological polar surface area (TPSA) is 58.4 Å². The smallest absolute Gasteiger partial charge is 0.248 e. The first kappa shape index (κ1) is 14.3. The highest BCUT2D eigenvalue weighted by molar-refractivity contribution is 6.31. The zero-order valence-corrected chi connectivity index (χ0v) is 12.1. The molecule has 0 spiro atoms. The van der Waals surface area contributed by atoms with Crippen LogP contribution in [0.15, 0.2) is 18.2 Å². The lowest BCUT2D eigenvalue weighted by atomic mass is 10.1. The molecule has 2 rings (SSSR count). The van der Waals surface area contributed by atoms with Crippen LogP contribution in [0.25, 0.3) is 0 Å². The number of carbonyl (C=O) groups excluding carboxylic acids is 1. The molecule has 1 aromatic carbocycles. The van der Waals surface area contributed by atoms with E-state index in [1.54, 1.807) is 12.1 Å². The van der Waals surface area contributed by atoms with Crippen LogP contribution in [0.2, 0.25) is 5.02 Å². The molecule has 2 unspecified atom stereocenters. The predicted molar refractivity (Wildman–Crippen MR) is 77.3 cm³/mol. The van der Waals surface area contributed by atoms with Crippen molar-refractivity contribution in [3.63, 3.8) is 0 Å². The fourth-order valence-corrected chi connectivity index (χ4v) is 2.88. The van der Waals surface area contributed by atoms with E-state index in [-0.39, 0.29) is 0 Å². The fraction of sp³-hybridized carbons (Fsp3) is 0.500. The van der Waals surface area contributed by atoms with E-state index >= 15 is 0 Å². The van der Waals surface area contributed by atoms with Gasteiger partial charge in [-0.05, 0) is 31.5 Å². The molecule has 1 amide bonds. The first-order valence-corrected chi connectivity index (χ1v) is 6.90.